The second kappa shape index (κ2) is 7.02. The van der Waals surface area contributed by atoms with E-state index in [4.69, 9.17) is 4.42 Å². The van der Waals surface area contributed by atoms with Gasteiger partial charge in [-0.2, -0.15) is 5.10 Å². The highest BCUT2D eigenvalue weighted by Gasteiger charge is 2.27. The lowest BCUT2D eigenvalue weighted by Crippen LogP contribution is -2.19. The van der Waals surface area contributed by atoms with E-state index in [0.29, 0.717) is 23.8 Å². The first-order valence-electron chi connectivity index (χ1n) is 8.45. The standard InChI is InChI=1S/C16H24N6O/c1-4-13-14(5-2)20-22-16(18-13)17-12-7-6-11(8-12)9-15-21-19-10(3)23-15/h11-12H,4-9H2,1-3H3,(H,17,18,22)/t11-,12+/m1/s1. The molecule has 0 radical (unpaired) electrons. The Morgan fingerprint density at radius 2 is 1.87 bits per heavy atom. The Bertz CT molecular complexity index is 656. The van der Waals surface area contributed by atoms with Gasteiger partial charge in [-0.1, -0.05) is 13.8 Å². The fourth-order valence-electron chi connectivity index (χ4n) is 3.24. The van der Waals surface area contributed by atoms with Gasteiger partial charge in [-0.15, -0.1) is 15.3 Å². The maximum atomic E-state index is 5.48. The van der Waals surface area contributed by atoms with E-state index in [1.54, 1.807) is 0 Å². The van der Waals surface area contributed by atoms with Crippen LogP contribution in [-0.4, -0.2) is 31.4 Å². The maximum absolute atomic E-state index is 5.48. The van der Waals surface area contributed by atoms with Crippen LogP contribution in [0.3, 0.4) is 0 Å². The third-order valence-corrected chi connectivity index (χ3v) is 4.41. The smallest absolute Gasteiger partial charge is 0.243 e. The molecule has 3 rings (SSSR count). The molecule has 0 spiro atoms. The Morgan fingerprint density at radius 3 is 2.57 bits per heavy atom. The van der Waals surface area contributed by atoms with Gasteiger partial charge in [0.2, 0.25) is 17.7 Å². The molecule has 1 saturated carbocycles. The van der Waals surface area contributed by atoms with Crippen molar-refractivity contribution in [3.8, 4) is 0 Å². The Kier molecular flexibility index (Phi) is 4.83. The van der Waals surface area contributed by atoms with Crippen LogP contribution >= 0.6 is 0 Å². The van der Waals surface area contributed by atoms with Crippen LogP contribution in [-0.2, 0) is 19.3 Å². The third kappa shape index (κ3) is 3.83. The number of aromatic nitrogens is 5. The zero-order valence-electron chi connectivity index (χ0n) is 14.0. The van der Waals surface area contributed by atoms with Crippen molar-refractivity contribution in [3.05, 3.63) is 23.2 Å². The summed E-state index contributed by atoms with van der Waals surface area (Å²) in [5.74, 6) is 2.60. The normalized spacial score (nSPS) is 20.8. The van der Waals surface area contributed by atoms with Crippen molar-refractivity contribution in [1.82, 2.24) is 25.4 Å². The fourth-order valence-corrected chi connectivity index (χ4v) is 3.24. The summed E-state index contributed by atoms with van der Waals surface area (Å²) in [7, 11) is 0. The number of rotatable bonds is 6. The molecule has 2 atom stereocenters. The first kappa shape index (κ1) is 15.8. The van der Waals surface area contributed by atoms with Gasteiger partial charge in [0.1, 0.15) is 0 Å². The van der Waals surface area contributed by atoms with Crippen LogP contribution < -0.4 is 5.32 Å². The second-order valence-corrected chi connectivity index (χ2v) is 6.18. The van der Waals surface area contributed by atoms with E-state index in [0.717, 1.165) is 55.8 Å². The maximum Gasteiger partial charge on any atom is 0.243 e. The summed E-state index contributed by atoms with van der Waals surface area (Å²) < 4.78 is 5.48. The molecule has 23 heavy (non-hydrogen) atoms. The number of nitrogens with zero attached hydrogens (tertiary/aromatic N) is 5. The lowest BCUT2D eigenvalue weighted by atomic mass is 10.0. The Labute approximate surface area is 136 Å². The van der Waals surface area contributed by atoms with Gasteiger partial charge in [0.15, 0.2) is 0 Å². The van der Waals surface area contributed by atoms with Gasteiger partial charge in [-0.05, 0) is 38.0 Å². The number of nitrogens with one attached hydrogen (secondary N) is 1. The average Bonchev–Trinajstić information content (AvgIpc) is 3.16. The zero-order valence-corrected chi connectivity index (χ0v) is 14.0. The largest absolute Gasteiger partial charge is 0.426 e. The fraction of sp³-hybridized carbons (Fsp3) is 0.688. The first-order chi connectivity index (χ1) is 11.2. The molecule has 0 aromatic carbocycles. The molecule has 124 valence electrons. The van der Waals surface area contributed by atoms with Gasteiger partial charge in [-0.25, -0.2) is 4.98 Å². The van der Waals surface area contributed by atoms with Gasteiger partial charge in [0.25, 0.3) is 0 Å². The summed E-state index contributed by atoms with van der Waals surface area (Å²) >= 11 is 0. The number of hydrogen-bond acceptors (Lipinski definition) is 7. The molecule has 0 aliphatic heterocycles. The van der Waals surface area contributed by atoms with E-state index in [9.17, 15) is 0 Å². The highest BCUT2D eigenvalue weighted by Crippen LogP contribution is 2.30. The topological polar surface area (TPSA) is 89.6 Å². The van der Waals surface area contributed by atoms with E-state index in [1.165, 1.54) is 0 Å². The lowest BCUT2D eigenvalue weighted by molar-refractivity contribution is 0.416. The van der Waals surface area contributed by atoms with Crippen LogP contribution in [0.15, 0.2) is 4.42 Å². The van der Waals surface area contributed by atoms with E-state index >= 15 is 0 Å². The van der Waals surface area contributed by atoms with Gasteiger partial charge < -0.3 is 9.73 Å². The molecule has 7 nitrogen and oxygen atoms in total. The number of hydrogen-bond donors (Lipinski definition) is 1. The molecule has 0 unspecified atom stereocenters. The van der Waals surface area contributed by atoms with E-state index < -0.39 is 0 Å². The minimum Gasteiger partial charge on any atom is -0.426 e. The molecule has 0 saturated heterocycles. The second-order valence-electron chi connectivity index (χ2n) is 6.18. The molecule has 1 aliphatic rings. The minimum absolute atomic E-state index is 0.392. The van der Waals surface area contributed by atoms with E-state index in [2.05, 4.69) is 44.5 Å². The van der Waals surface area contributed by atoms with Crippen LogP contribution in [0.1, 0.15) is 56.3 Å². The van der Waals surface area contributed by atoms with Crippen LogP contribution in [0.25, 0.3) is 0 Å². The van der Waals surface area contributed by atoms with Gasteiger partial charge in [0.05, 0.1) is 11.4 Å². The van der Waals surface area contributed by atoms with Crippen molar-refractivity contribution in [2.24, 2.45) is 5.92 Å². The van der Waals surface area contributed by atoms with Gasteiger partial charge >= 0.3 is 0 Å². The van der Waals surface area contributed by atoms with Crippen molar-refractivity contribution in [1.29, 1.82) is 0 Å². The van der Waals surface area contributed by atoms with Crippen molar-refractivity contribution in [2.45, 2.75) is 65.3 Å². The van der Waals surface area contributed by atoms with Gasteiger partial charge in [-0.3, -0.25) is 0 Å². The summed E-state index contributed by atoms with van der Waals surface area (Å²) in [5, 5.41) is 19.9. The number of anilines is 1. The van der Waals surface area contributed by atoms with Crippen molar-refractivity contribution >= 4 is 5.95 Å². The highest BCUT2D eigenvalue weighted by atomic mass is 16.4. The van der Waals surface area contributed by atoms with E-state index in [-0.39, 0.29) is 0 Å². The van der Waals surface area contributed by atoms with E-state index in [1.807, 2.05) is 6.92 Å². The summed E-state index contributed by atoms with van der Waals surface area (Å²) in [6.07, 6.45) is 5.95. The summed E-state index contributed by atoms with van der Waals surface area (Å²) in [6, 6.07) is 0.392. The van der Waals surface area contributed by atoms with Crippen molar-refractivity contribution in [3.63, 3.8) is 0 Å². The van der Waals surface area contributed by atoms with Crippen LogP contribution in [0.2, 0.25) is 0 Å². The third-order valence-electron chi connectivity index (χ3n) is 4.41. The molecular weight excluding hydrogens is 292 g/mol. The quantitative estimate of drug-likeness (QED) is 0.875. The average molecular weight is 316 g/mol. The Morgan fingerprint density at radius 1 is 1.04 bits per heavy atom. The molecule has 0 bridgehead atoms. The SMILES string of the molecule is CCc1nnc(N[C@H]2CC[C@@H](Cc3nnc(C)o3)C2)nc1CC. The van der Waals surface area contributed by atoms with Crippen LogP contribution in [0.4, 0.5) is 5.95 Å². The molecule has 2 aromatic heterocycles. The predicted molar refractivity (Wildman–Crippen MR) is 86.1 cm³/mol. The molecular formula is C16H24N6O. The number of aryl methyl sites for hydroxylation is 3. The molecule has 1 fully saturated rings. The monoisotopic (exact) mass is 316 g/mol. The summed E-state index contributed by atoms with van der Waals surface area (Å²) in [4.78, 5) is 4.61. The first-order valence-corrected chi connectivity index (χ1v) is 8.45. The Hall–Kier alpha value is -2.05. The Balaban J connectivity index is 1.57. The lowest BCUT2D eigenvalue weighted by Gasteiger charge is -2.13. The van der Waals surface area contributed by atoms with Crippen LogP contribution in [0.5, 0.6) is 0 Å². The molecule has 2 heterocycles. The zero-order chi connectivity index (χ0) is 16.2. The molecule has 1 aliphatic carbocycles. The summed E-state index contributed by atoms with van der Waals surface area (Å²) in [6.45, 7) is 6.01. The van der Waals surface area contributed by atoms with Crippen molar-refractivity contribution in [2.75, 3.05) is 5.32 Å². The molecule has 2 aromatic rings. The highest BCUT2D eigenvalue weighted by molar-refractivity contribution is 5.27. The summed E-state index contributed by atoms with van der Waals surface area (Å²) in [5.41, 5.74) is 2.04. The molecule has 1 N–H and O–H groups in total. The van der Waals surface area contributed by atoms with Crippen LogP contribution in [0, 0.1) is 12.8 Å². The van der Waals surface area contributed by atoms with Crippen molar-refractivity contribution < 1.29 is 4.42 Å². The predicted octanol–water partition coefficient (Wildman–Crippen LogP) is 2.51. The minimum atomic E-state index is 0.392. The molecule has 7 heteroatoms. The molecule has 0 amide bonds. The van der Waals surface area contributed by atoms with Gasteiger partial charge in [0, 0.05) is 19.4 Å².